The van der Waals surface area contributed by atoms with Gasteiger partial charge >= 0.3 is 0 Å². The molecule has 0 unspecified atom stereocenters. The van der Waals surface area contributed by atoms with Crippen LogP contribution in [-0.4, -0.2) is 18.6 Å². The first-order valence-corrected chi connectivity index (χ1v) is 6.66. The minimum absolute atomic E-state index is 0.337. The average Bonchev–Trinajstić information content (AvgIpc) is 2.76. The quantitative estimate of drug-likeness (QED) is 0.915. The lowest BCUT2D eigenvalue weighted by Gasteiger charge is -2.23. The van der Waals surface area contributed by atoms with E-state index in [0.29, 0.717) is 15.9 Å². The maximum atomic E-state index is 6.14. The van der Waals surface area contributed by atoms with Crippen molar-refractivity contribution >= 4 is 34.8 Å². The van der Waals surface area contributed by atoms with Crippen molar-refractivity contribution in [3.05, 3.63) is 16.1 Å². The van der Waals surface area contributed by atoms with Crippen molar-refractivity contribution in [2.24, 2.45) is 5.92 Å². The van der Waals surface area contributed by atoms with Crippen LogP contribution in [0.25, 0.3) is 0 Å². The molecular formula is C12H17Cl2N3. The Hall–Kier alpha value is -0.670. The van der Waals surface area contributed by atoms with Crippen LogP contribution in [0.2, 0.25) is 10.0 Å². The van der Waals surface area contributed by atoms with Crippen molar-refractivity contribution in [1.29, 1.82) is 0 Å². The van der Waals surface area contributed by atoms with E-state index in [4.69, 9.17) is 28.9 Å². The highest BCUT2D eigenvalue weighted by atomic mass is 35.5. The van der Waals surface area contributed by atoms with E-state index < -0.39 is 0 Å². The van der Waals surface area contributed by atoms with Gasteiger partial charge in [-0.15, -0.1) is 0 Å². The maximum Gasteiger partial charge on any atom is 0.149 e. The van der Waals surface area contributed by atoms with Gasteiger partial charge in [0.1, 0.15) is 11.6 Å². The van der Waals surface area contributed by atoms with Crippen LogP contribution in [0.15, 0.2) is 6.07 Å². The van der Waals surface area contributed by atoms with Gasteiger partial charge in [0, 0.05) is 13.6 Å². The zero-order valence-electron chi connectivity index (χ0n) is 9.92. The van der Waals surface area contributed by atoms with Crippen molar-refractivity contribution in [3.63, 3.8) is 0 Å². The summed E-state index contributed by atoms with van der Waals surface area (Å²) in [4.78, 5) is 6.33. The third kappa shape index (κ3) is 2.96. The van der Waals surface area contributed by atoms with Crippen LogP contribution in [0, 0.1) is 5.92 Å². The van der Waals surface area contributed by atoms with Crippen LogP contribution >= 0.6 is 23.2 Å². The Morgan fingerprint density at radius 2 is 2.00 bits per heavy atom. The molecule has 1 aromatic rings. The van der Waals surface area contributed by atoms with E-state index in [1.165, 1.54) is 25.7 Å². The smallest absolute Gasteiger partial charge is 0.149 e. The molecule has 1 heterocycles. The molecule has 0 spiro atoms. The average molecular weight is 274 g/mol. The maximum absolute atomic E-state index is 6.14. The molecule has 0 atom stereocenters. The molecule has 1 aliphatic rings. The first-order chi connectivity index (χ1) is 8.08. The van der Waals surface area contributed by atoms with Gasteiger partial charge in [-0.1, -0.05) is 36.0 Å². The van der Waals surface area contributed by atoms with E-state index in [1.54, 1.807) is 6.07 Å². The first kappa shape index (κ1) is 12.8. The molecule has 0 aromatic carbocycles. The van der Waals surface area contributed by atoms with Gasteiger partial charge in [-0.05, 0) is 24.8 Å². The molecule has 94 valence electrons. The van der Waals surface area contributed by atoms with Crippen LogP contribution in [0.1, 0.15) is 25.7 Å². The minimum atomic E-state index is 0.337. The molecule has 1 aromatic heterocycles. The van der Waals surface area contributed by atoms with Gasteiger partial charge in [0.15, 0.2) is 0 Å². The standard InChI is InChI=1S/C12H17Cl2N3/c1-17(7-8-4-2-3-5-8)12-10(14)6-9(13)11(15)16-12/h6,8H,2-5,7H2,1H3,(H2,15,16). The molecule has 0 bridgehead atoms. The molecule has 1 fully saturated rings. The van der Waals surface area contributed by atoms with Gasteiger partial charge in [0.05, 0.1) is 10.0 Å². The molecule has 0 amide bonds. The number of halogens is 2. The molecule has 5 heteroatoms. The predicted molar refractivity (Wildman–Crippen MR) is 73.9 cm³/mol. The summed E-state index contributed by atoms with van der Waals surface area (Å²) in [5.74, 6) is 1.81. The summed E-state index contributed by atoms with van der Waals surface area (Å²) in [6.07, 6.45) is 5.26. The lowest BCUT2D eigenvalue weighted by Crippen LogP contribution is -2.25. The van der Waals surface area contributed by atoms with Gasteiger partial charge in [-0.2, -0.15) is 0 Å². The SMILES string of the molecule is CN(CC1CCCC1)c1nc(N)c(Cl)cc1Cl. The lowest BCUT2D eigenvalue weighted by molar-refractivity contribution is 0.545. The first-order valence-electron chi connectivity index (χ1n) is 5.90. The van der Waals surface area contributed by atoms with Gasteiger partial charge in [-0.3, -0.25) is 0 Å². The van der Waals surface area contributed by atoms with E-state index in [2.05, 4.69) is 9.88 Å². The molecule has 1 aliphatic carbocycles. The second-order valence-electron chi connectivity index (χ2n) is 4.69. The molecular weight excluding hydrogens is 257 g/mol. The molecule has 2 N–H and O–H groups in total. The Labute approximate surface area is 112 Å². The molecule has 0 aliphatic heterocycles. The number of pyridine rings is 1. The summed E-state index contributed by atoms with van der Waals surface area (Å²) in [5, 5.41) is 0.970. The van der Waals surface area contributed by atoms with Gasteiger partial charge < -0.3 is 10.6 Å². The highest BCUT2D eigenvalue weighted by molar-refractivity contribution is 6.37. The number of nitrogens with two attached hydrogens (primary N) is 1. The zero-order chi connectivity index (χ0) is 12.4. The number of nitrogen functional groups attached to an aromatic ring is 1. The lowest BCUT2D eigenvalue weighted by atomic mass is 10.1. The zero-order valence-corrected chi connectivity index (χ0v) is 11.4. The number of aromatic nitrogens is 1. The van der Waals surface area contributed by atoms with Gasteiger partial charge in [-0.25, -0.2) is 4.98 Å². The fourth-order valence-electron chi connectivity index (χ4n) is 2.41. The fraction of sp³-hybridized carbons (Fsp3) is 0.583. The normalized spacial score (nSPS) is 16.4. The number of hydrogen-bond donors (Lipinski definition) is 1. The minimum Gasteiger partial charge on any atom is -0.382 e. The number of hydrogen-bond acceptors (Lipinski definition) is 3. The summed E-state index contributed by atoms with van der Waals surface area (Å²) in [6, 6.07) is 1.66. The van der Waals surface area contributed by atoms with Gasteiger partial charge in [0.2, 0.25) is 0 Å². The Balaban J connectivity index is 2.12. The second kappa shape index (κ2) is 5.32. The van der Waals surface area contributed by atoms with Crippen molar-refractivity contribution in [2.45, 2.75) is 25.7 Å². The Morgan fingerprint density at radius 3 is 2.65 bits per heavy atom. The third-order valence-electron chi connectivity index (χ3n) is 3.31. The van der Waals surface area contributed by atoms with E-state index in [0.717, 1.165) is 18.3 Å². The second-order valence-corrected chi connectivity index (χ2v) is 5.51. The van der Waals surface area contributed by atoms with Crippen LogP contribution in [0.3, 0.4) is 0 Å². The van der Waals surface area contributed by atoms with E-state index in [9.17, 15) is 0 Å². The largest absolute Gasteiger partial charge is 0.382 e. The van der Waals surface area contributed by atoms with Crippen molar-refractivity contribution < 1.29 is 0 Å². The van der Waals surface area contributed by atoms with Crippen LogP contribution in [-0.2, 0) is 0 Å². The highest BCUT2D eigenvalue weighted by Gasteiger charge is 2.19. The number of nitrogens with zero attached hydrogens (tertiary/aromatic N) is 2. The van der Waals surface area contributed by atoms with Crippen molar-refractivity contribution in [1.82, 2.24) is 4.98 Å². The summed E-state index contributed by atoms with van der Waals surface area (Å²) in [7, 11) is 2.00. The molecule has 17 heavy (non-hydrogen) atoms. The Kier molecular flexibility index (Phi) is 4.00. The van der Waals surface area contributed by atoms with Crippen molar-refractivity contribution in [2.75, 3.05) is 24.2 Å². The molecule has 3 nitrogen and oxygen atoms in total. The summed E-state index contributed by atoms with van der Waals surface area (Å²) < 4.78 is 0. The van der Waals surface area contributed by atoms with Crippen molar-refractivity contribution in [3.8, 4) is 0 Å². The molecule has 2 rings (SSSR count). The summed E-state index contributed by atoms with van der Waals surface area (Å²) in [6.45, 7) is 0.980. The predicted octanol–water partition coefficient (Wildman–Crippen LogP) is 3.60. The Bertz CT molecular complexity index is 403. The number of anilines is 2. The fourth-order valence-corrected chi connectivity index (χ4v) is 2.91. The molecule has 0 saturated heterocycles. The third-order valence-corrected chi connectivity index (χ3v) is 3.89. The van der Waals surface area contributed by atoms with E-state index in [1.807, 2.05) is 7.05 Å². The summed E-state index contributed by atoms with van der Waals surface area (Å²) >= 11 is 12.0. The van der Waals surface area contributed by atoms with Gasteiger partial charge in [0.25, 0.3) is 0 Å². The topological polar surface area (TPSA) is 42.2 Å². The monoisotopic (exact) mass is 273 g/mol. The highest BCUT2D eigenvalue weighted by Crippen LogP contribution is 2.32. The summed E-state index contributed by atoms with van der Waals surface area (Å²) in [5.41, 5.74) is 5.71. The Morgan fingerprint density at radius 1 is 1.35 bits per heavy atom. The molecule has 0 radical (unpaired) electrons. The number of rotatable bonds is 3. The van der Waals surface area contributed by atoms with Crippen LogP contribution in [0.5, 0.6) is 0 Å². The van der Waals surface area contributed by atoms with Crippen LogP contribution in [0.4, 0.5) is 11.6 Å². The van der Waals surface area contributed by atoms with Crippen LogP contribution < -0.4 is 10.6 Å². The molecule has 1 saturated carbocycles. The van der Waals surface area contributed by atoms with E-state index >= 15 is 0 Å². The van der Waals surface area contributed by atoms with E-state index in [-0.39, 0.29) is 0 Å².